The van der Waals surface area contributed by atoms with Gasteiger partial charge in [0.15, 0.2) is 0 Å². The molecule has 1 N–H and O–H groups in total. The highest BCUT2D eigenvalue weighted by Crippen LogP contribution is 2.34. The summed E-state index contributed by atoms with van der Waals surface area (Å²) in [4.78, 5) is 16.1. The zero-order chi connectivity index (χ0) is 16.5. The standard InChI is InChI=1S/C18H22N2O2S2/c1-12-2-5-24-17(12)9-20-7-15-14(10-22-16(15)8-20)6-19-18(21)13-3-4-23-11-13/h2-5,11,14-16H,6-10H2,1H3,(H,19,21)/t14-,15-,16-/m0/s1. The monoisotopic (exact) mass is 362 g/mol. The van der Waals surface area contributed by atoms with Gasteiger partial charge in [0.25, 0.3) is 5.91 Å². The predicted octanol–water partition coefficient (Wildman–Crippen LogP) is 2.99. The lowest BCUT2D eigenvalue weighted by molar-refractivity contribution is 0.0904. The Labute approximate surface area is 150 Å². The molecule has 2 aliphatic rings. The molecule has 0 aliphatic carbocycles. The summed E-state index contributed by atoms with van der Waals surface area (Å²) in [5.74, 6) is 0.990. The third-order valence-electron chi connectivity index (χ3n) is 5.16. The molecule has 0 aromatic carbocycles. The van der Waals surface area contributed by atoms with E-state index in [9.17, 15) is 4.79 Å². The minimum Gasteiger partial charge on any atom is -0.376 e. The van der Waals surface area contributed by atoms with Gasteiger partial charge < -0.3 is 10.1 Å². The summed E-state index contributed by atoms with van der Waals surface area (Å²) in [7, 11) is 0. The zero-order valence-corrected chi connectivity index (χ0v) is 15.4. The Balaban J connectivity index is 1.31. The van der Waals surface area contributed by atoms with Gasteiger partial charge in [-0.2, -0.15) is 11.3 Å². The second-order valence-electron chi connectivity index (χ2n) is 6.74. The van der Waals surface area contributed by atoms with Crippen LogP contribution in [-0.2, 0) is 11.3 Å². The first kappa shape index (κ1) is 16.3. The quantitative estimate of drug-likeness (QED) is 0.889. The van der Waals surface area contributed by atoms with E-state index in [0.717, 1.165) is 31.8 Å². The molecule has 2 aromatic heterocycles. The fraction of sp³-hybridized carbons (Fsp3) is 0.500. The van der Waals surface area contributed by atoms with Crippen molar-refractivity contribution < 1.29 is 9.53 Å². The van der Waals surface area contributed by atoms with Crippen molar-refractivity contribution in [1.82, 2.24) is 10.2 Å². The van der Waals surface area contributed by atoms with Crippen molar-refractivity contribution in [3.63, 3.8) is 0 Å². The largest absolute Gasteiger partial charge is 0.376 e. The molecule has 0 radical (unpaired) electrons. The van der Waals surface area contributed by atoms with Crippen LogP contribution in [-0.4, -0.2) is 43.2 Å². The van der Waals surface area contributed by atoms with E-state index in [1.54, 1.807) is 11.3 Å². The van der Waals surface area contributed by atoms with E-state index in [4.69, 9.17) is 4.74 Å². The molecule has 2 aliphatic heterocycles. The lowest BCUT2D eigenvalue weighted by Crippen LogP contribution is -2.34. The van der Waals surface area contributed by atoms with Crippen LogP contribution in [0.25, 0.3) is 0 Å². The first-order valence-electron chi connectivity index (χ1n) is 8.38. The minimum atomic E-state index is 0.0313. The third kappa shape index (κ3) is 3.28. The molecule has 0 spiro atoms. The number of likely N-dealkylation sites (tertiary alicyclic amines) is 1. The van der Waals surface area contributed by atoms with Crippen LogP contribution in [0.1, 0.15) is 20.8 Å². The zero-order valence-electron chi connectivity index (χ0n) is 13.7. The van der Waals surface area contributed by atoms with Crippen molar-refractivity contribution in [2.45, 2.75) is 19.6 Å². The van der Waals surface area contributed by atoms with Crippen molar-refractivity contribution in [1.29, 1.82) is 0 Å². The summed E-state index contributed by atoms with van der Waals surface area (Å²) < 4.78 is 6.00. The van der Waals surface area contributed by atoms with E-state index in [0.29, 0.717) is 24.5 Å². The van der Waals surface area contributed by atoms with Crippen molar-refractivity contribution in [2.75, 3.05) is 26.2 Å². The van der Waals surface area contributed by atoms with Gasteiger partial charge in [0.2, 0.25) is 0 Å². The fourth-order valence-corrected chi connectivity index (χ4v) is 5.29. The van der Waals surface area contributed by atoms with Crippen LogP contribution in [0.5, 0.6) is 0 Å². The number of amides is 1. The van der Waals surface area contributed by atoms with Gasteiger partial charge in [0.1, 0.15) is 0 Å². The van der Waals surface area contributed by atoms with Crippen molar-refractivity contribution in [3.8, 4) is 0 Å². The Morgan fingerprint density at radius 2 is 2.29 bits per heavy atom. The lowest BCUT2D eigenvalue weighted by Gasteiger charge is -2.19. The number of rotatable bonds is 5. The number of thiophene rings is 2. The number of carbonyl (C=O) groups excluding carboxylic acids is 1. The van der Waals surface area contributed by atoms with Gasteiger partial charge in [0, 0.05) is 53.8 Å². The van der Waals surface area contributed by atoms with Gasteiger partial charge >= 0.3 is 0 Å². The van der Waals surface area contributed by atoms with Crippen LogP contribution in [0.4, 0.5) is 0 Å². The molecule has 2 fully saturated rings. The van der Waals surface area contributed by atoms with Crippen molar-refractivity contribution in [3.05, 3.63) is 44.3 Å². The number of nitrogens with zero attached hydrogens (tertiary/aromatic N) is 1. The number of aryl methyl sites for hydroxylation is 1. The first-order valence-corrected chi connectivity index (χ1v) is 10.2. The molecule has 3 atom stereocenters. The average Bonchev–Trinajstić information content (AvgIpc) is 3.32. The molecule has 6 heteroatoms. The second-order valence-corrected chi connectivity index (χ2v) is 8.52. The smallest absolute Gasteiger partial charge is 0.252 e. The highest BCUT2D eigenvalue weighted by molar-refractivity contribution is 7.10. The third-order valence-corrected chi connectivity index (χ3v) is 6.85. The molecular formula is C18H22N2O2S2. The molecule has 4 nitrogen and oxygen atoms in total. The summed E-state index contributed by atoms with van der Waals surface area (Å²) in [5, 5.41) is 9.08. The molecule has 4 heterocycles. The Hall–Kier alpha value is -1.21. The summed E-state index contributed by atoms with van der Waals surface area (Å²) in [5.41, 5.74) is 2.15. The van der Waals surface area contributed by atoms with Gasteiger partial charge in [-0.25, -0.2) is 0 Å². The number of nitrogens with one attached hydrogen (secondary N) is 1. The topological polar surface area (TPSA) is 41.6 Å². The van der Waals surface area contributed by atoms with Gasteiger partial charge in [-0.1, -0.05) is 0 Å². The Morgan fingerprint density at radius 3 is 3.04 bits per heavy atom. The molecule has 1 amide bonds. The van der Waals surface area contributed by atoms with Crippen molar-refractivity contribution in [2.24, 2.45) is 11.8 Å². The molecule has 2 aromatic rings. The van der Waals surface area contributed by atoms with E-state index < -0.39 is 0 Å². The summed E-state index contributed by atoms with van der Waals surface area (Å²) in [6.45, 7) is 6.76. The lowest BCUT2D eigenvalue weighted by atomic mass is 9.93. The molecule has 4 rings (SSSR count). The number of hydrogen-bond acceptors (Lipinski definition) is 5. The van der Waals surface area contributed by atoms with Crippen LogP contribution in [0.15, 0.2) is 28.3 Å². The van der Waals surface area contributed by atoms with E-state index >= 15 is 0 Å². The fourth-order valence-electron chi connectivity index (χ4n) is 3.71. The molecular weight excluding hydrogens is 340 g/mol. The van der Waals surface area contributed by atoms with Crippen LogP contribution in [0.2, 0.25) is 0 Å². The molecule has 2 saturated heterocycles. The van der Waals surface area contributed by atoms with Crippen LogP contribution in [0, 0.1) is 18.8 Å². The maximum atomic E-state index is 12.1. The molecule has 0 bridgehead atoms. The number of ether oxygens (including phenoxy) is 1. The van der Waals surface area contributed by atoms with Gasteiger partial charge in [-0.15, -0.1) is 11.3 Å². The highest BCUT2D eigenvalue weighted by Gasteiger charge is 2.43. The predicted molar refractivity (Wildman–Crippen MR) is 97.7 cm³/mol. The maximum Gasteiger partial charge on any atom is 0.252 e. The van der Waals surface area contributed by atoms with Gasteiger partial charge in [-0.05, 0) is 35.4 Å². The minimum absolute atomic E-state index is 0.0313. The normalized spacial score (nSPS) is 26.6. The van der Waals surface area contributed by atoms with Gasteiger partial charge in [0.05, 0.1) is 12.7 Å². The van der Waals surface area contributed by atoms with E-state index in [1.807, 2.05) is 28.2 Å². The Bertz CT molecular complexity index is 698. The first-order chi connectivity index (χ1) is 11.7. The Morgan fingerprint density at radius 1 is 1.38 bits per heavy atom. The molecule has 0 saturated carbocycles. The number of fused-ring (bicyclic) bond motifs is 1. The number of hydrogen-bond donors (Lipinski definition) is 1. The molecule has 24 heavy (non-hydrogen) atoms. The highest BCUT2D eigenvalue weighted by atomic mass is 32.1. The molecule has 0 unspecified atom stereocenters. The second kappa shape index (κ2) is 6.96. The van der Waals surface area contributed by atoms with Crippen molar-refractivity contribution >= 4 is 28.6 Å². The summed E-state index contributed by atoms with van der Waals surface area (Å²) >= 11 is 3.39. The van der Waals surface area contributed by atoms with E-state index in [2.05, 4.69) is 28.6 Å². The maximum absolute atomic E-state index is 12.1. The summed E-state index contributed by atoms with van der Waals surface area (Å²) in [6, 6.07) is 4.06. The van der Waals surface area contributed by atoms with Crippen LogP contribution >= 0.6 is 22.7 Å². The summed E-state index contributed by atoms with van der Waals surface area (Å²) in [6.07, 6.45) is 0.327. The SMILES string of the molecule is Cc1ccsc1CN1C[C@H]2[C@@H](CNC(=O)c3ccsc3)CO[C@H]2C1. The van der Waals surface area contributed by atoms with Crippen LogP contribution in [0.3, 0.4) is 0 Å². The Kier molecular flexibility index (Phi) is 4.72. The van der Waals surface area contributed by atoms with Gasteiger partial charge in [-0.3, -0.25) is 9.69 Å². The van der Waals surface area contributed by atoms with E-state index in [-0.39, 0.29) is 5.91 Å². The number of carbonyl (C=O) groups is 1. The van der Waals surface area contributed by atoms with E-state index in [1.165, 1.54) is 10.4 Å². The molecule has 128 valence electrons. The van der Waals surface area contributed by atoms with Crippen LogP contribution < -0.4 is 5.32 Å². The average molecular weight is 363 g/mol.